The highest BCUT2D eigenvalue weighted by Gasteiger charge is 2.13. The first-order valence-electron chi connectivity index (χ1n) is 5.03. The van der Waals surface area contributed by atoms with Crippen LogP contribution < -0.4 is 5.32 Å². The molecule has 0 radical (unpaired) electrons. The summed E-state index contributed by atoms with van der Waals surface area (Å²) >= 11 is 10.6. The summed E-state index contributed by atoms with van der Waals surface area (Å²) in [7, 11) is 0. The first kappa shape index (κ1) is 13.5. The Kier molecular flexibility index (Phi) is 4.37. The molecule has 0 aliphatic rings. The van der Waals surface area contributed by atoms with Crippen molar-refractivity contribution in [3.8, 4) is 0 Å². The molecule has 0 atom stereocenters. The highest BCUT2D eigenvalue weighted by Crippen LogP contribution is 2.21. The van der Waals surface area contributed by atoms with Crippen molar-refractivity contribution in [2.24, 2.45) is 0 Å². The molecule has 0 saturated heterocycles. The Balaban J connectivity index is 2.06. The minimum Gasteiger partial charge on any atom is -0.347 e. The number of amides is 1. The second-order valence-electron chi connectivity index (χ2n) is 3.52. The van der Waals surface area contributed by atoms with Crippen molar-refractivity contribution in [2.75, 3.05) is 0 Å². The van der Waals surface area contributed by atoms with Crippen molar-refractivity contribution in [3.05, 3.63) is 55.4 Å². The Morgan fingerprint density at radius 1 is 1.50 bits per heavy atom. The quantitative estimate of drug-likeness (QED) is 0.883. The van der Waals surface area contributed by atoms with Crippen molar-refractivity contribution in [1.82, 2.24) is 5.32 Å². The largest absolute Gasteiger partial charge is 0.347 e. The van der Waals surface area contributed by atoms with E-state index in [4.69, 9.17) is 11.6 Å². The van der Waals surface area contributed by atoms with E-state index in [1.54, 1.807) is 0 Å². The topological polar surface area (TPSA) is 29.1 Å². The highest BCUT2D eigenvalue weighted by atomic mass is 79.9. The second kappa shape index (κ2) is 5.82. The van der Waals surface area contributed by atoms with Crippen LogP contribution in [0.2, 0.25) is 5.02 Å². The minimum absolute atomic E-state index is 0.146. The van der Waals surface area contributed by atoms with E-state index in [0.717, 1.165) is 9.35 Å². The van der Waals surface area contributed by atoms with Gasteiger partial charge in [-0.3, -0.25) is 4.79 Å². The molecule has 0 aliphatic carbocycles. The lowest BCUT2D eigenvalue weighted by molar-refractivity contribution is 0.0951. The van der Waals surface area contributed by atoms with Crippen molar-refractivity contribution >= 4 is 44.8 Å². The molecule has 6 heteroatoms. The lowest BCUT2D eigenvalue weighted by Gasteiger charge is -2.05. The number of nitrogens with one attached hydrogen (secondary N) is 1. The number of benzene rings is 1. The van der Waals surface area contributed by atoms with Crippen LogP contribution in [-0.4, -0.2) is 5.91 Å². The van der Waals surface area contributed by atoms with Crippen molar-refractivity contribution in [3.63, 3.8) is 0 Å². The van der Waals surface area contributed by atoms with E-state index in [0.29, 0.717) is 6.54 Å². The molecule has 18 heavy (non-hydrogen) atoms. The molecule has 0 bridgehead atoms. The minimum atomic E-state index is -0.594. The Labute approximate surface area is 121 Å². The third-order valence-corrected chi connectivity index (χ3v) is 4.32. The summed E-state index contributed by atoms with van der Waals surface area (Å²) in [6.07, 6.45) is 0. The van der Waals surface area contributed by atoms with Crippen LogP contribution in [0.4, 0.5) is 4.39 Å². The molecule has 1 aromatic carbocycles. The monoisotopic (exact) mass is 347 g/mol. The van der Waals surface area contributed by atoms with E-state index in [9.17, 15) is 9.18 Å². The van der Waals surface area contributed by atoms with Crippen LogP contribution in [0.1, 0.15) is 15.2 Å². The van der Waals surface area contributed by atoms with Crippen molar-refractivity contribution in [2.45, 2.75) is 6.54 Å². The summed E-state index contributed by atoms with van der Waals surface area (Å²) in [4.78, 5) is 12.8. The van der Waals surface area contributed by atoms with Crippen LogP contribution in [0.3, 0.4) is 0 Å². The molecule has 2 rings (SSSR count). The standard InChI is InChI=1S/C12H8BrClFNOS/c13-7-4-8(18-6-7)5-16-12(17)9-2-1-3-10(15)11(9)14/h1-4,6H,5H2,(H,16,17). The Morgan fingerprint density at radius 2 is 2.28 bits per heavy atom. The van der Waals surface area contributed by atoms with Crippen LogP contribution >= 0.6 is 38.9 Å². The maximum absolute atomic E-state index is 13.2. The third kappa shape index (κ3) is 3.10. The fourth-order valence-corrected chi connectivity index (χ4v) is 2.99. The fraction of sp³-hybridized carbons (Fsp3) is 0.0833. The van der Waals surface area contributed by atoms with Gasteiger partial charge < -0.3 is 5.32 Å². The molecular weight excluding hydrogens is 341 g/mol. The lowest BCUT2D eigenvalue weighted by atomic mass is 10.2. The van der Waals surface area contributed by atoms with Crippen molar-refractivity contribution in [1.29, 1.82) is 0 Å². The van der Waals surface area contributed by atoms with Gasteiger partial charge >= 0.3 is 0 Å². The maximum atomic E-state index is 13.2. The predicted octanol–water partition coefficient (Wildman–Crippen LogP) is 4.23. The molecule has 0 fully saturated rings. The first-order valence-corrected chi connectivity index (χ1v) is 7.08. The molecule has 2 aromatic rings. The van der Waals surface area contributed by atoms with E-state index in [-0.39, 0.29) is 16.5 Å². The smallest absolute Gasteiger partial charge is 0.253 e. The van der Waals surface area contributed by atoms with Crippen LogP contribution in [0.15, 0.2) is 34.1 Å². The number of halogens is 3. The zero-order valence-corrected chi connectivity index (χ0v) is 12.2. The summed E-state index contributed by atoms with van der Waals surface area (Å²) in [6, 6.07) is 6.08. The fourth-order valence-electron chi connectivity index (χ4n) is 1.39. The first-order chi connectivity index (χ1) is 8.58. The van der Waals surface area contributed by atoms with Gasteiger partial charge in [-0.05, 0) is 34.1 Å². The normalized spacial score (nSPS) is 10.4. The molecule has 0 unspecified atom stereocenters. The van der Waals surface area contributed by atoms with E-state index in [2.05, 4.69) is 21.2 Å². The van der Waals surface area contributed by atoms with E-state index >= 15 is 0 Å². The molecule has 1 amide bonds. The predicted molar refractivity (Wildman–Crippen MR) is 74.6 cm³/mol. The van der Waals surface area contributed by atoms with Gasteiger partial charge in [-0.15, -0.1) is 11.3 Å². The van der Waals surface area contributed by atoms with Gasteiger partial charge in [0.1, 0.15) is 5.82 Å². The molecule has 0 saturated carbocycles. The van der Waals surface area contributed by atoms with Gasteiger partial charge in [-0.25, -0.2) is 4.39 Å². The molecule has 1 heterocycles. The maximum Gasteiger partial charge on any atom is 0.253 e. The molecule has 0 spiro atoms. The van der Waals surface area contributed by atoms with Gasteiger partial charge in [0.15, 0.2) is 0 Å². The molecule has 2 nitrogen and oxygen atoms in total. The van der Waals surface area contributed by atoms with Gasteiger partial charge in [0.05, 0.1) is 17.1 Å². The Hall–Kier alpha value is -0.910. The van der Waals surface area contributed by atoms with E-state index < -0.39 is 5.82 Å². The number of rotatable bonds is 3. The zero-order chi connectivity index (χ0) is 13.1. The molecule has 0 aliphatic heterocycles. The van der Waals surface area contributed by atoms with E-state index in [1.165, 1.54) is 29.5 Å². The number of thiophene rings is 1. The average Bonchev–Trinajstić information content (AvgIpc) is 2.76. The van der Waals surface area contributed by atoms with Crippen LogP contribution in [0, 0.1) is 5.82 Å². The molecular formula is C12H8BrClFNOS. The Bertz CT molecular complexity index is 587. The average molecular weight is 349 g/mol. The van der Waals surface area contributed by atoms with Gasteiger partial charge in [0, 0.05) is 14.7 Å². The third-order valence-electron chi connectivity index (χ3n) is 2.24. The zero-order valence-electron chi connectivity index (χ0n) is 9.04. The van der Waals surface area contributed by atoms with Crippen molar-refractivity contribution < 1.29 is 9.18 Å². The summed E-state index contributed by atoms with van der Waals surface area (Å²) in [5.41, 5.74) is 0.146. The van der Waals surface area contributed by atoms with Gasteiger partial charge in [0.2, 0.25) is 0 Å². The number of hydrogen-bond donors (Lipinski definition) is 1. The van der Waals surface area contributed by atoms with Crippen LogP contribution in [0.5, 0.6) is 0 Å². The SMILES string of the molecule is O=C(NCc1cc(Br)cs1)c1cccc(F)c1Cl. The Morgan fingerprint density at radius 3 is 2.94 bits per heavy atom. The summed E-state index contributed by atoms with van der Waals surface area (Å²) in [5, 5.41) is 4.47. The molecule has 94 valence electrons. The highest BCUT2D eigenvalue weighted by molar-refractivity contribution is 9.10. The van der Waals surface area contributed by atoms with Gasteiger partial charge in [-0.1, -0.05) is 17.7 Å². The number of hydrogen-bond acceptors (Lipinski definition) is 2. The van der Waals surface area contributed by atoms with Crippen LogP contribution in [-0.2, 0) is 6.54 Å². The number of carbonyl (C=O) groups is 1. The summed E-state index contributed by atoms with van der Waals surface area (Å²) in [5.74, 6) is -0.979. The van der Waals surface area contributed by atoms with Gasteiger partial charge in [-0.2, -0.15) is 0 Å². The molecule has 1 N–H and O–H groups in total. The van der Waals surface area contributed by atoms with Crippen LogP contribution in [0.25, 0.3) is 0 Å². The summed E-state index contributed by atoms with van der Waals surface area (Å²) in [6.45, 7) is 0.391. The molecule has 1 aromatic heterocycles. The summed E-state index contributed by atoms with van der Waals surface area (Å²) < 4.78 is 14.2. The lowest BCUT2D eigenvalue weighted by Crippen LogP contribution is -2.22. The van der Waals surface area contributed by atoms with Gasteiger partial charge in [0.25, 0.3) is 5.91 Å². The van der Waals surface area contributed by atoms with E-state index in [1.807, 2.05) is 11.4 Å². The second-order valence-corrected chi connectivity index (χ2v) is 5.80. The number of carbonyl (C=O) groups excluding carboxylic acids is 1.